The van der Waals surface area contributed by atoms with E-state index in [9.17, 15) is 19.3 Å². The number of hydrogen-bond acceptors (Lipinski definition) is 7. The van der Waals surface area contributed by atoms with Gasteiger partial charge in [0.25, 0.3) is 0 Å². The van der Waals surface area contributed by atoms with E-state index in [1.165, 1.54) is 23.6 Å². The Morgan fingerprint density at radius 3 is 2.36 bits per heavy atom. The fraction of sp³-hybridized carbons (Fsp3) is 0.250. The highest BCUT2D eigenvalue weighted by molar-refractivity contribution is 7.17. The lowest BCUT2D eigenvalue weighted by Crippen LogP contribution is -2.49. The molecular weight excluding hydrogens is 568 g/mol. The Hall–Kier alpha value is -2.03. The fourth-order valence-electron chi connectivity index (χ4n) is 3.21. The van der Waals surface area contributed by atoms with Crippen LogP contribution in [-0.4, -0.2) is 23.0 Å². The van der Waals surface area contributed by atoms with Crippen LogP contribution < -0.4 is 5.32 Å². The number of thiophene rings is 1. The summed E-state index contributed by atoms with van der Waals surface area (Å²) in [5, 5.41) is 17.2. The number of hydrogen-bond donors (Lipinski definition) is 2. The molecule has 1 amide bonds. The number of carbonyl (C=O) groups is 2. The van der Waals surface area contributed by atoms with Crippen molar-refractivity contribution in [1.82, 2.24) is 5.32 Å². The van der Waals surface area contributed by atoms with E-state index in [1.54, 1.807) is 62.5 Å². The third-order valence-electron chi connectivity index (χ3n) is 4.93. The van der Waals surface area contributed by atoms with E-state index in [4.69, 9.17) is 44.1 Å². The van der Waals surface area contributed by atoms with Crippen molar-refractivity contribution in [2.24, 2.45) is 5.41 Å². The molecule has 2 aromatic carbocycles. The summed E-state index contributed by atoms with van der Waals surface area (Å²) < 4.78 is 22.6. The number of rotatable bonds is 8. The van der Waals surface area contributed by atoms with Gasteiger partial charge in [0.1, 0.15) is 0 Å². The van der Waals surface area contributed by atoms with Crippen LogP contribution >= 0.6 is 54.8 Å². The highest BCUT2D eigenvalue weighted by Crippen LogP contribution is 2.41. The van der Waals surface area contributed by atoms with Gasteiger partial charge in [-0.2, -0.15) is 0 Å². The van der Waals surface area contributed by atoms with Gasteiger partial charge in [-0.3, -0.25) is 9.59 Å². The zero-order chi connectivity index (χ0) is 26.7. The number of ether oxygens (including phenoxy) is 1. The molecule has 1 aromatic heterocycles. The molecule has 0 saturated heterocycles. The van der Waals surface area contributed by atoms with E-state index in [0.717, 1.165) is 4.70 Å². The molecular formula is C24H22Cl3NO6PS+. The molecule has 7 nitrogen and oxygen atoms in total. The second-order valence-electron chi connectivity index (χ2n) is 8.76. The summed E-state index contributed by atoms with van der Waals surface area (Å²) in [5.74, 6) is -6.20. The summed E-state index contributed by atoms with van der Waals surface area (Å²) in [7, 11) is -1.54. The second-order valence-corrected chi connectivity index (χ2v) is 11.4. The first kappa shape index (κ1) is 28.5. The van der Waals surface area contributed by atoms with Gasteiger partial charge in [-0.15, -0.1) is 11.3 Å². The number of nitrogens with one attached hydrogen (secondary N) is 1. The molecule has 0 aliphatic rings. The van der Waals surface area contributed by atoms with Gasteiger partial charge in [0.2, 0.25) is 5.91 Å². The highest BCUT2D eigenvalue weighted by atomic mass is 35.5. The number of esters is 1. The molecule has 3 aromatic rings. The maximum absolute atomic E-state index is 13.5. The minimum Gasteiger partial charge on any atom is -0.404 e. The molecule has 1 heterocycles. The predicted octanol–water partition coefficient (Wildman–Crippen LogP) is 6.92. The second kappa shape index (κ2) is 11.6. The van der Waals surface area contributed by atoms with E-state index in [2.05, 4.69) is 5.32 Å². The monoisotopic (exact) mass is 588 g/mol. The van der Waals surface area contributed by atoms with Crippen LogP contribution in [0.4, 0.5) is 0 Å². The van der Waals surface area contributed by atoms with Crippen LogP contribution in [0.3, 0.4) is 0 Å². The maximum atomic E-state index is 13.5. The summed E-state index contributed by atoms with van der Waals surface area (Å²) in [5.41, 5.74) is -0.198. The molecule has 190 valence electrons. The van der Waals surface area contributed by atoms with Gasteiger partial charge < -0.3 is 15.2 Å². The number of benzene rings is 2. The molecule has 3 atom stereocenters. The van der Waals surface area contributed by atoms with Gasteiger partial charge >= 0.3 is 20.6 Å². The lowest BCUT2D eigenvalue weighted by atomic mass is 9.93. The quantitative estimate of drug-likeness (QED) is 0.168. The van der Waals surface area contributed by atoms with Crippen LogP contribution in [-0.2, 0) is 23.4 Å². The lowest BCUT2D eigenvalue weighted by molar-refractivity contribution is -0.310. The third-order valence-corrected chi connectivity index (χ3v) is 6.96. The Kier molecular flexibility index (Phi) is 9.17. The smallest absolute Gasteiger partial charge is 0.404 e. The van der Waals surface area contributed by atoms with Crippen molar-refractivity contribution in [3.63, 3.8) is 0 Å². The van der Waals surface area contributed by atoms with Gasteiger partial charge in [0, 0.05) is 26.0 Å². The third kappa shape index (κ3) is 6.84. The van der Waals surface area contributed by atoms with Gasteiger partial charge in [-0.1, -0.05) is 39.3 Å². The first-order chi connectivity index (χ1) is 16.8. The average molecular weight is 590 g/mol. The standard InChI is InChI=1S/C24H21Cl3NO6PS/c1-23(2,3)22(30)33-24(31,34-35-32)20(18-12-36-19-5-4-14(25)11-17(18)19)21(29)28-7-6-13-8-15(26)10-16(27)9-13/h4-12,20,31,35H,1-3H3/p+1. The Morgan fingerprint density at radius 1 is 1.08 bits per heavy atom. The molecule has 3 unspecified atom stereocenters. The van der Waals surface area contributed by atoms with E-state index in [-0.39, 0.29) is 5.56 Å². The summed E-state index contributed by atoms with van der Waals surface area (Å²) in [6, 6.07) is 9.86. The van der Waals surface area contributed by atoms with Crippen molar-refractivity contribution in [3.8, 4) is 0 Å². The number of halogens is 3. The molecule has 2 N–H and O–H groups in total. The molecule has 0 spiro atoms. The molecule has 0 fully saturated rings. The Balaban J connectivity index is 2.06. The normalized spacial score (nSPS) is 14.6. The Labute approximate surface area is 228 Å². The fourth-order valence-corrected chi connectivity index (χ4v) is 5.17. The molecule has 3 rings (SSSR count). The zero-order valence-electron chi connectivity index (χ0n) is 19.3. The predicted molar refractivity (Wildman–Crippen MR) is 144 cm³/mol. The Bertz CT molecular complexity index is 1320. The molecule has 0 aliphatic carbocycles. The summed E-state index contributed by atoms with van der Waals surface area (Å²) in [6.07, 6.45) is 2.84. The molecule has 0 saturated carbocycles. The van der Waals surface area contributed by atoms with Crippen LogP contribution in [0.5, 0.6) is 0 Å². The van der Waals surface area contributed by atoms with Gasteiger partial charge in [0.05, 0.1) is 5.41 Å². The van der Waals surface area contributed by atoms with Crippen molar-refractivity contribution in [3.05, 3.63) is 74.2 Å². The van der Waals surface area contributed by atoms with Crippen molar-refractivity contribution in [1.29, 1.82) is 0 Å². The number of carbonyl (C=O) groups excluding carboxylic acids is 2. The number of aliphatic hydroxyl groups is 1. The SMILES string of the molecule is CC(C)(C)C(=O)OC(O)(O[PH+]=O)C(C(=O)NC=Cc1cc(Cl)cc(Cl)c1)c1csc2ccc(Cl)cc12. The van der Waals surface area contributed by atoms with E-state index in [1.807, 2.05) is 0 Å². The minimum absolute atomic E-state index is 0.261. The van der Waals surface area contributed by atoms with Crippen LogP contribution in [0.25, 0.3) is 16.2 Å². The molecule has 0 bridgehead atoms. The highest BCUT2D eigenvalue weighted by Gasteiger charge is 2.53. The first-order valence-electron chi connectivity index (χ1n) is 10.4. The van der Waals surface area contributed by atoms with Crippen molar-refractivity contribution in [2.75, 3.05) is 0 Å². The van der Waals surface area contributed by atoms with Gasteiger partial charge in [-0.25, -0.2) is 0 Å². The largest absolute Gasteiger partial charge is 0.500 e. The van der Waals surface area contributed by atoms with Crippen LogP contribution in [0.15, 0.2) is 48.0 Å². The van der Waals surface area contributed by atoms with Crippen LogP contribution in [0.1, 0.15) is 37.8 Å². The summed E-state index contributed by atoms with van der Waals surface area (Å²) >= 11 is 19.5. The zero-order valence-corrected chi connectivity index (χ0v) is 23.4. The lowest BCUT2D eigenvalue weighted by Gasteiger charge is -2.31. The topological polar surface area (TPSA) is 102 Å². The number of fused-ring (bicyclic) bond motifs is 1. The van der Waals surface area contributed by atoms with Crippen LogP contribution in [0, 0.1) is 5.41 Å². The molecule has 12 heteroatoms. The van der Waals surface area contributed by atoms with Crippen molar-refractivity contribution in [2.45, 2.75) is 32.7 Å². The summed E-state index contributed by atoms with van der Waals surface area (Å²) in [6.45, 7) is 4.68. The minimum atomic E-state index is -2.89. The van der Waals surface area contributed by atoms with E-state index >= 15 is 0 Å². The van der Waals surface area contributed by atoms with Crippen LogP contribution in [0.2, 0.25) is 15.1 Å². The Morgan fingerprint density at radius 2 is 1.75 bits per heavy atom. The van der Waals surface area contributed by atoms with Gasteiger partial charge in [-0.05, 0) is 89.7 Å². The van der Waals surface area contributed by atoms with E-state index < -0.39 is 37.9 Å². The average Bonchev–Trinajstić information content (AvgIpc) is 3.15. The molecule has 0 aliphatic heterocycles. The van der Waals surface area contributed by atoms with Crippen molar-refractivity contribution >= 4 is 82.9 Å². The van der Waals surface area contributed by atoms with Crippen molar-refractivity contribution < 1.29 is 28.5 Å². The summed E-state index contributed by atoms with van der Waals surface area (Å²) in [4.78, 5) is 26.2. The molecule has 0 radical (unpaired) electrons. The first-order valence-corrected chi connectivity index (χ1v) is 13.3. The van der Waals surface area contributed by atoms with E-state index in [0.29, 0.717) is 26.0 Å². The maximum Gasteiger partial charge on any atom is 0.500 e. The molecule has 36 heavy (non-hydrogen) atoms. The van der Waals surface area contributed by atoms with Gasteiger partial charge in [0.15, 0.2) is 5.92 Å². The number of amides is 1.